The van der Waals surface area contributed by atoms with Crippen LogP contribution in [0.15, 0.2) is 16.7 Å². The first-order chi connectivity index (χ1) is 9.70. The molecule has 2 amide bonds. The van der Waals surface area contributed by atoms with Gasteiger partial charge in [-0.1, -0.05) is 24.2 Å². The molecule has 1 fully saturated rings. The van der Waals surface area contributed by atoms with Gasteiger partial charge in [-0.3, -0.25) is 14.5 Å². The van der Waals surface area contributed by atoms with Gasteiger partial charge in [-0.05, 0) is 19.3 Å². The highest BCUT2D eigenvalue weighted by atomic mass is 16.5. The Morgan fingerprint density at radius 2 is 1.90 bits per heavy atom. The molecule has 1 saturated heterocycles. The van der Waals surface area contributed by atoms with E-state index in [0.29, 0.717) is 31.0 Å². The predicted octanol–water partition coefficient (Wildman–Crippen LogP) is 1.47. The van der Waals surface area contributed by atoms with Crippen LogP contribution >= 0.6 is 0 Å². The summed E-state index contributed by atoms with van der Waals surface area (Å²) < 4.78 is 5.08. The summed E-state index contributed by atoms with van der Waals surface area (Å²) in [5, 5.41) is 3.84. The van der Waals surface area contributed by atoms with Crippen molar-refractivity contribution in [3.8, 4) is 0 Å². The van der Waals surface area contributed by atoms with Gasteiger partial charge in [0, 0.05) is 6.42 Å². The van der Waals surface area contributed by atoms with E-state index in [9.17, 15) is 9.59 Å². The Balaban J connectivity index is 1.74. The third-order valence-electron chi connectivity index (χ3n) is 3.87. The molecule has 0 saturated carbocycles. The number of hydrogen-bond acceptors (Lipinski definition) is 5. The number of nitrogens with zero attached hydrogens (tertiary/aromatic N) is 3. The summed E-state index contributed by atoms with van der Waals surface area (Å²) in [7, 11) is 0. The smallest absolute Gasteiger partial charge is 0.233 e. The monoisotopic (exact) mass is 275 g/mol. The highest BCUT2D eigenvalue weighted by molar-refractivity contribution is 6.05. The van der Waals surface area contributed by atoms with Gasteiger partial charge < -0.3 is 4.52 Å². The van der Waals surface area contributed by atoms with Crippen molar-refractivity contribution in [2.24, 2.45) is 11.8 Å². The van der Waals surface area contributed by atoms with Crippen LogP contribution in [0, 0.1) is 11.8 Å². The van der Waals surface area contributed by atoms with Gasteiger partial charge >= 0.3 is 0 Å². The normalized spacial score (nSPS) is 25.4. The minimum Gasteiger partial charge on any atom is -0.339 e. The van der Waals surface area contributed by atoms with E-state index >= 15 is 0 Å². The second kappa shape index (κ2) is 5.19. The highest BCUT2D eigenvalue weighted by Crippen LogP contribution is 2.35. The molecule has 1 aliphatic carbocycles. The lowest BCUT2D eigenvalue weighted by molar-refractivity contribution is -0.140. The van der Waals surface area contributed by atoms with Crippen LogP contribution < -0.4 is 0 Å². The van der Waals surface area contributed by atoms with E-state index in [2.05, 4.69) is 10.1 Å². The van der Waals surface area contributed by atoms with Crippen LogP contribution in [0.5, 0.6) is 0 Å². The molecule has 106 valence electrons. The van der Waals surface area contributed by atoms with Gasteiger partial charge in [-0.15, -0.1) is 0 Å². The molecule has 0 bridgehead atoms. The fraction of sp³-hybridized carbons (Fsp3) is 0.571. The third-order valence-corrected chi connectivity index (χ3v) is 3.87. The molecule has 2 atom stereocenters. The summed E-state index contributed by atoms with van der Waals surface area (Å²) in [5.74, 6) is 0.351. The first-order valence-corrected chi connectivity index (χ1v) is 7.02. The molecule has 6 nitrogen and oxygen atoms in total. The minimum absolute atomic E-state index is 0.105. The van der Waals surface area contributed by atoms with Crippen molar-refractivity contribution in [2.45, 2.75) is 39.2 Å². The fourth-order valence-electron chi connectivity index (χ4n) is 2.84. The first kappa shape index (κ1) is 13.0. The summed E-state index contributed by atoms with van der Waals surface area (Å²) in [4.78, 5) is 30.0. The van der Waals surface area contributed by atoms with Crippen LogP contribution in [-0.2, 0) is 22.6 Å². The predicted molar refractivity (Wildman–Crippen MR) is 69.2 cm³/mol. The summed E-state index contributed by atoms with van der Waals surface area (Å²) in [6.45, 7) is 2.15. The van der Waals surface area contributed by atoms with Gasteiger partial charge in [-0.25, -0.2) is 0 Å². The number of aryl methyl sites for hydroxylation is 1. The lowest BCUT2D eigenvalue weighted by Crippen LogP contribution is -2.31. The molecule has 2 aliphatic rings. The number of carbonyl (C=O) groups excluding carboxylic acids is 2. The number of allylic oxidation sites excluding steroid dienone is 2. The molecule has 2 heterocycles. The van der Waals surface area contributed by atoms with E-state index in [1.54, 1.807) is 0 Å². The van der Waals surface area contributed by atoms with Gasteiger partial charge in [0.1, 0.15) is 0 Å². The maximum atomic E-state index is 12.3. The molecule has 1 aromatic rings. The maximum absolute atomic E-state index is 12.3. The van der Waals surface area contributed by atoms with E-state index in [4.69, 9.17) is 4.52 Å². The first-order valence-electron chi connectivity index (χ1n) is 7.02. The zero-order valence-corrected chi connectivity index (χ0v) is 11.4. The van der Waals surface area contributed by atoms with Crippen molar-refractivity contribution in [2.75, 3.05) is 0 Å². The SMILES string of the molecule is CCCc1nc(CN2C(=O)[C@H]3CC=CC[C@@H]3C2=O)no1. The maximum Gasteiger partial charge on any atom is 0.233 e. The minimum atomic E-state index is -0.200. The third kappa shape index (κ3) is 2.15. The molecule has 0 aromatic carbocycles. The molecule has 0 unspecified atom stereocenters. The fourth-order valence-corrected chi connectivity index (χ4v) is 2.84. The summed E-state index contributed by atoms with van der Waals surface area (Å²) in [6, 6.07) is 0. The number of rotatable bonds is 4. The Labute approximate surface area is 116 Å². The second-order valence-electron chi connectivity index (χ2n) is 5.27. The summed E-state index contributed by atoms with van der Waals surface area (Å²) >= 11 is 0. The number of hydrogen-bond donors (Lipinski definition) is 0. The van der Waals surface area contributed by atoms with Crippen LogP contribution in [0.4, 0.5) is 0 Å². The van der Waals surface area contributed by atoms with Gasteiger partial charge in [-0.2, -0.15) is 4.98 Å². The van der Waals surface area contributed by atoms with Crippen molar-refractivity contribution in [1.82, 2.24) is 15.0 Å². The zero-order valence-electron chi connectivity index (χ0n) is 11.4. The van der Waals surface area contributed by atoms with Gasteiger partial charge in [0.2, 0.25) is 17.7 Å². The lowest BCUT2D eigenvalue weighted by Gasteiger charge is -2.14. The Bertz CT molecular complexity index is 538. The van der Waals surface area contributed by atoms with Crippen LogP contribution in [0.2, 0.25) is 0 Å². The number of fused-ring (bicyclic) bond motifs is 1. The molecule has 6 heteroatoms. The Kier molecular flexibility index (Phi) is 3.38. The van der Waals surface area contributed by atoms with E-state index < -0.39 is 0 Å². The topological polar surface area (TPSA) is 76.3 Å². The molecular weight excluding hydrogens is 258 g/mol. The van der Waals surface area contributed by atoms with Crippen LogP contribution in [0.25, 0.3) is 0 Å². The Morgan fingerprint density at radius 3 is 2.50 bits per heavy atom. The Morgan fingerprint density at radius 1 is 1.25 bits per heavy atom. The standard InChI is InChI=1S/C14H17N3O3/c1-2-5-12-15-11(16-20-12)8-17-13(18)9-6-3-4-7-10(9)14(17)19/h3-4,9-10H,2,5-8H2,1H3/t9-,10-/m0/s1. The molecule has 0 spiro atoms. The summed E-state index contributed by atoms with van der Waals surface area (Å²) in [5.41, 5.74) is 0. The quantitative estimate of drug-likeness (QED) is 0.614. The summed E-state index contributed by atoms with van der Waals surface area (Å²) in [6.07, 6.45) is 6.88. The number of imide groups is 1. The average Bonchev–Trinajstić information content (AvgIpc) is 2.99. The van der Waals surface area contributed by atoms with Gasteiger partial charge in [0.15, 0.2) is 5.82 Å². The number of likely N-dealkylation sites (tertiary alicyclic amines) is 1. The van der Waals surface area contributed by atoms with Crippen molar-refractivity contribution >= 4 is 11.8 Å². The molecule has 1 aromatic heterocycles. The molecule has 0 N–H and O–H groups in total. The lowest BCUT2D eigenvalue weighted by atomic mass is 9.85. The molecular formula is C14H17N3O3. The number of aromatic nitrogens is 2. The van der Waals surface area contributed by atoms with Crippen LogP contribution in [-0.4, -0.2) is 26.9 Å². The highest BCUT2D eigenvalue weighted by Gasteiger charge is 2.47. The Hall–Kier alpha value is -1.98. The molecule has 20 heavy (non-hydrogen) atoms. The van der Waals surface area contributed by atoms with Crippen molar-refractivity contribution in [3.63, 3.8) is 0 Å². The largest absolute Gasteiger partial charge is 0.339 e. The van der Waals surface area contributed by atoms with Crippen molar-refractivity contribution in [3.05, 3.63) is 23.9 Å². The van der Waals surface area contributed by atoms with Crippen molar-refractivity contribution in [1.29, 1.82) is 0 Å². The van der Waals surface area contributed by atoms with Gasteiger partial charge in [0.05, 0.1) is 18.4 Å². The molecule has 0 radical (unpaired) electrons. The van der Waals surface area contributed by atoms with E-state index in [1.165, 1.54) is 4.90 Å². The van der Waals surface area contributed by atoms with E-state index in [0.717, 1.165) is 6.42 Å². The van der Waals surface area contributed by atoms with E-state index in [1.807, 2.05) is 19.1 Å². The van der Waals surface area contributed by atoms with Crippen LogP contribution in [0.1, 0.15) is 37.9 Å². The zero-order chi connectivity index (χ0) is 14.1. The number of amides is 2. The average molecular weight is 275 g/mol. The molecule has 3 rings (SSSR count). The van der Waals surface area contributed by atoms with Crippen molar-refractivity contribution < 1.29 is 14.1 Å². The van der Waals surface area contributed by atoms with Crippen LogP contribution in [0.3, 0.4) is 0 Å². The second-order valence-corrected chi connectivity index (χ2v) is 5.27. The molecule has 1 aliphatic heterocycles. The number of carbonyl (C=O) groups is 2. The van der Waals surface area contributed by atoms with E-state index in [-0.39, 0.29) is 30.2 Å². The van der Waals surface area contributed by atoms with Gasteiger partial charge in [0.25, 0.3) is 0 Å².